The summed E-state index contributed by atoms with van der Waals surface area (Å²) >= 11 is 1.63. The summed E-state index contributed by atoms with van der Waals surface area (Å²) in [5, 5.41) is 0. The average Bonchev–Trinajstić information content (AvgIpc) is 2.14. The number of allylic oxidation sites excluding steroid dienone is 4. The van der Waals surface area contributed by atoms with E-state index in [4.69, 9.17) is 5.73 Å². The molecular formula is C11H17NS. The molecule has 0 aromatic carbocycles. The Morgan fingerprint density at radius 2 is 2.08 bits per heavy atom. The third kappa shape index (κ3) is 6.43. The van der Waals surface area contributed by atoms with Gasteiger partial charge in [-0.15, -0.1) is 0 Å². The molecule has 0 rings (SSSR count). The normalized spacial score (nSPS) is 11.0. The van der Waals surface area contributed by atoms with E-state index in [9.17, 15) is 0 Å². The zero-order chi connectivity index (χ0) is 10.1. The molecule has 0 radical (unpaired) electrons. The zero-order valence-electron chi connectivity index (χ0n) is 7.96. The molecule has 13 heavy (non-hydrogen) atoms. The Kier molecular flexibility index (Phi) is 7.45. The summed E-state index contributed by atoms with van der Waals surface area (Å²) < 4.78 is 0. The van der Waals surface area contributed by atoms with Gasteiger partial charge in [0, 0.05) is 4.91 Å². The minimum Gasteiger partial charge on any atom is -0.330 e. The van der Waals surface area contributed by atoms with Crippen LogP contribution < -0.4 is 5.73 Å². The Hall–Kier alpha value is -0.730. The van der Waals surface area contributed by atoms with Crippen LogP contribution in [-0.2, 0) is 0 Å². The van der Waals surface area contributed by atoms with Gasteiger partial charge >= 0.3 is 0 Å². The minimum absolute atomic E-state index is 0.716. The van der Waals surface area contributed by atoms with Gasteiger partial charge in [-0.05, 0) is 30.4 Å². The van der Waals surface area contributed by atoms with Crippen LogP contribution in [0.1, 0.15) is 12.8 Å². The lowest BCUT2D eigenvalue weighted by molar-refractivity contribution is 0.850. The monoisotopic (exact) mass is 195 g/mol. The number of hydrogen-bond acceptors (Lipinski definition) is 2. The molecule has 0 aliphatic carbocycles. The fourth-order valence-corrected chi connectivity index (χ4v) is 1.60. The molecule has 0 saturated heterocycles. The summed E-state index contributed by atoms with van der Waals surface area (Å²) in [5.74, 6) is 0. The van der Waals surface area contributed by atoms with Gasteiger partial charge in [-0.3, -0.25) is 0 Å². The van der Waals surface area contributed by atoms with Crippen molar-refractivity contribution in [2.45, 2.75) is 12.8 Å². The third-order valence-electron chi connectivity index (χ3n) is 1.41. The highest BCUT2D eigenvalue weighted by Crippen LogP contribution is 2.27. The first-order chi connectivity index (χ1) is 6.24. The van der Waals surface area contributed by atoms with E-state index >= 15 is 0 Å². The Labute approximate surface area is 85.1 Å². The summed E-state index contributed by atoms with van der Waals surface area (Å²) in [7, 11) is 0. The van der Waals surface area contributed by atoms with Gasteiger partial charge < -0.3 is 5.73 Å². The van der Waals surface area contributed by atoms with Gasteiger partial charge in [0.15, 0.2) is 0 Å². The van der Waals surface area contributed by atoms with Gasteiger partial charge in [0.1, 0.15) is 0 Å². The van der Waals surface area contributed by atoms with Crippen LogP contribution >= 0.6 is 11.8 Å². The van der Waals surface area contributed by atoms with Gasteiger partial charge in [-0.1, -0.05) is 43.7 Å². The van der Waals surface area contributed by atoms with E-state index < -0.39 is 0 Å². The molecule has 0 heterocycles. The predicted octanol–water partition coefficient (Wildman–Crippen LogP) is 3.23. The SMILES string of the molecule is C=C/C=C(\C=C)SC(=C)CCCN. The third-order valence-corrected chi connectivity index (χ3v) is 2.44. The maximum atomic E-state index is 5.40. The van der Waals surface area contributed by atoms with Crippen LogP contribution in [0.4, 0.5) is 0 Å². The topological polar surface area (TPSA) is 26.0 Å². The fourth-order valence-electron chi connectivity index (χ4n) is 0.777. The van der Waals surface area contributed by atoms with Gasteiger partial charge in [0.2, 0.25) is 0 Å². The van der Waals surface area contributed by atoms with E-state index in [2.05, 4.69) is 19.7 Å². The van der Waals surface area contributed by atoms with Crippen molar-refractivity contribution >= 4 is 11.8 Å². The van der Waals surface area contributed by atoms with Gasteiger partial charge in [0.05, 0.1) is 0 Å². The van der Waals surface area contributed by atoms with Crippen LogP contribution in [0.3, 0.4) is 0 Å². The van der Waals surface area contributed by atoms with E-state index in [-0.39, 0.29) is 0 Å². The summed E-state index contributed by atoms with van der Waals surface area (Å²) in [6.45, 7) is 12.0. The molecule has 0 bridgehead atoms. The van der Waals surface area contributed by atoms with E-state index in [1.807, 2.05) is 6.08 Å². The Bertz CT molecular complexity index is 216. The van der Waals surface area contributed by atoms with Gasteiger partial charge in [-0.2, -0.15) is 0 Å². The van der Waals surface area contributed by atoms with Gasteiger partial charge in [-0.25, -0.2) is 0 Å². The Morgan fingerprint density at radius 3 is 2.54 bits per heavy atom. The lowest BCUT2D eigenvalue weighted by Gasteiger charge is -2.03. The zero-order valence-corrected chi connectivity index (χ0v) is 8.78. The van der Waals surface area contributed by atoms with Crippen molar-refractivity contribution in [1.29, 1.82) is 0 Å². The molecule has 0 aromatic heterocycles. The van der Waals surface area contributed by atoms with Crippen molar-refractivity contribution in [1.82, 2.24) is 0 Å². The second-order valence-electron chi connectivity index (χ2n) is 2.54. The van der Waals surface area contributed by atoms with Crippen LogP contribution in [0.15, 0.2) is 47.8 Å². The van der Waals surface area contributed by atoms with Crippen LogP contribution in [-0.4, -0.2) is 6.54 Å². The first kappa shape index (κ1) is 12.3. The van der Waals surface area contributed by atoms with Crippen molar-refractivity contribution < 1.29 is 0 Å². The van der Waals surface area contributed by atoms with Crippen molar-refractivity contribution in [3.8, 4) is 0 Å². The maximum absolute atomic E-state index is 5.40. The van der Waals surface area contributed by atoms with Crippen LogP contribution in [0.25, 0.3) is 0 Å². The van der Waals surface area contributed by atoms with Crippen LogP contribution in [0, 0.1) is 0 Å². The fraction of sp³-hybridized carbons (Fsp3) is 0.273. The van der Waals surface area contributed by atoms with E-state index in [0.29, 0.717) is 6.54 Å². The molecule has 0 unspecified atom stereocenters. The number of thioether (sulfide) groups is 1. The summed E-state index contributed by atoms with van der Waals surface area (Å²) in [6, 6.07) is 0. The first-order valence-corrected chi connectivity index (χ1v) is 5.07. The molecule has 0 fully saturated rings. The first-order valence-electron chi connectivity index (χ1n) is 4.25. The lowest BCUT2D eigenvalue weighted by atomic mass is 10.3. The molecule has 0 aromatic rings. The molecule has 0 atom stereocenters. The van der Waals surface area contributed by atoms with Crippen molar-refractivity contribution in [2.75, 3.05) is 6.54 Å². The van der Waals surface area contributed by atoms with E-state index in [1.165, 1.54) is 0 Å². The molecule has 1 nitrogen and oxygen atoms in total. The van der Waals surface area contributed by atoms with Gasteiger partial charge in [0.25, 0.3) is 0 Å². The van der Waals surface area contributed by atoms with E-state index in [0.717, 1.165) is 22.7 Å². The largest absolute Gasteiger partial charge is 0.330 e. The molecule has 0 aliphatic heterocycles. The maximum Gasteiger partial charge on any atom is 0.0112 e. The molecule has 72 valence electrons. The highest BCUT2D eigenvalue weighted by atomic mass is 32.2. The molecule has 0 amide bonds. The standard InChI is InChI=1S/C11H17NS/c1-4-7-11(5-2)13-10(3)8-6-9-12/h4-5,7H,1-3,6,8-9,12H2/b11-7+. The second kappa shape index (κ2) is 7.90. The van der Waals surface area contributed by atoms with Crippen molar-refractivity contribution in [3.05, 3.63) is 47.8 Å². The highest BCUT2D eigenvalue weighted by molar-refractivity contribution is 8.06. The Balaban J connectivity index is 3.94. The molecule has 0 spiro atoms. The average molecular weight is 195 g/mol. The van der Waals surface area contributed by atoms with Crippen LogP contribution in [0.2, 0.25) is 0 Å². The van der Waals surface area contributed by atoms with Crippen molar-refractivity contribution in [2.24, 2.45) is 5.73 Å². The molecule has 0 saturated carbocycles. The number of nitrogens with two attached hydrogens (primary N) is 1. The van der Waals surface area contributed by atoms with E-state index in [1.54, 1.807) is 23.9 Å². The smallest absolute Gasteiger partial charge is 0.0112 e. The molecule has 2 heteroatoms. The Morgan fingerprint density at radius 1 is 1.38 bits per heavy atom. The van der Waals surface area contributed by atoms with Crippen LogP contribution in [0.5, 0.6) is 0 Å². The quantitative estimate of drug-likeness (QED) is 0.631. The number of rotatable bonds is 7. The summed E-state index contributed by atoms with van der Waals surface area (Å²) in [4.78, 5) is 2.20. The molecular weight excluding hydrogens is 178 g/mol. The minimum atomic E-state index is 0.716. The summed E-state index contributed by atoms with van der Waals surface area (Å²) in [6.07, 6.45) is 7.43. The predicted molar refractivity (Wildman–Crippen MR) is 63.5 cm³/mol. The second-order valence-corrected chi connectivity index (χ2v) is 3.79. The summed E-state index contributed by atoms with van der Waals surface area (Å²) in [5.41, 5.74) is 5.40. The molecule has 0 aliphatic rings. The highest BCUT2D eigenvalue weighted by Gasteiger charge is 1.96. The molecule has 2 N–H and O–H groups in total. The number of hydrogen-bond donors (Lipinski definition) is 1. The lowest BCUT2D eigenvalue weighted by Crippen LogP contribution is -1.97. The van der Waals surface area contributed by atoms with Crippen molar-refractivity contribution in [3.63, 3.8) is 0 Å².